The van der Waals surface area contributed by atoms with Crippen LogP contribution in [0.15, 0.2) is 18.3 Å². The number of hydrogen-bond donors (Lipinski definition) is 0. The van der Waals surface area contributed by atoms with Gasteiger partial charge in [-0.15, -0.1) is 11.3 Å². The van der Waals surface area contributed by atoms with Gasteiger partial charge in [-0.2, -0.15) is 0 Å². The zero-order valence-corrected chi connectivity index (χ0v) is 9.11. The van der Waals surface area contributed by atoms with Crippen LogP contribution in [0.5, 0.6) is 0 Å². The minimum absolute atomic E-state index is 1.03. The van der Waals surface area contributed by atoms with Crippen LogP contribution in [0.2, 0.25) is 0 Å². The predicted molar refractivity (Wildman–Crippen MR) is 59.8 cm³/mol. The first-order valence-electron chi connectivity index (χ1n) is 4.79. The molecule has 0 unspecified atom stereocenters. The third kappa shape index (κ3) is 1.04. The average molecular weight is 201 g/mol. The van der Waals surface area contributed by atoms with Gasteiger partial charge in [0.1, 0.15) is 0 Å². The van der Waals surface area contributed by atoms with Crippen molar-refractivity contribution in [1.29, 1.82) is 0 Å². The van der Waals surface area contributed by atoms with Crippen molar-refractivity contribution in [3.8, 4) is 11.1 Å². The lowest BCUT2D eigenvalue weighted by molar-refractivity contribution is 1.12. The van der Waals surface area contributed by atoms with Crippen LogP contribution in [0, 0.1) is 13.8 Å². The Morgan fingerprint density at radius 3 is 2.93 bits per heavy atom. The molecular weight excluding hydrogens is 190 g/mol. The standard InChI is InChI=1S/C12H11NS/c1-7-3-9-10-4-8(2)14-12(10)5-11(9)13-6-7/h3-4,6H,5H2,1-2H3. The van der Waals surface area contributed by atoms with Crippen molar-refractivity contribution in [2.24, 2.45) is 0 Å². The number of rotatable bonds is 0. The Balaban J connectivity index is 2.28. The SMILES string of the molecule is Cc1cnc2c(c1)-c1cc(C)sc1C2. The molecule has 0 saturated carbocycles. The fourth-order valence-electron chi connectivity index (χ4n) is 2.05. The van der Waals surface area contributed by atoms with Gasteiger partial charge in [0.15, 0.2) is 0 Å². The number of thiophene rings is 1. The summed E-state index contributed by atoms with van der Waals surface area (Å²) < 4.78 is 0. The van der Waals surface area contributed by atoms with Gasteiger partial charge in [0.25, 0.3) is 0 Å². The molecule has 1 aliphatic rings. The highest BCUT2D eigenvalue weighted by Crippen LogP contribution is 2.40. The van der Waals surface area contributed by atoms with Gasteiger partial charge in [0.2, 0.25) is 0 Å². The van der Waals surface area contributed by atoms with E-state index in [4.69, 9.17) is 0 Å². The topological polar surface area (TPSA) is 12.9 Å². The molecule has 2 aromatic rings. The van der Waals surface area contributed by atoms with Gasteiger partial charge in [-0.05, 0) is 37.1 Å². The molecule has 2 heteroatoms. The zero-order chi connectivity index (χ0) is 9.71. The van der Waals surface area contributed by atoms with Gasteiger partial charge in [0, 0.05) is 27.9 Å². The minimum atomic E-state index is 1.03. The summed E-state index contributed by atoms with van der Waals surface area (Å²) in [6.07, 6.45) is 2.99. The maximum Gasteiger partial charge on any atom is 0.0534 e. The molecule has 0 bridgehead atoms. The van der Waals surface area contributed by atoms with Gasteiger partial charge in [-0.1, -0.05) is 0 Å². The predicted octanol–water partition coefficient (Wildman–Crippen LogP) is 3.33. The molecule has 1 nitrogen and oxygen atoms in total. The first-order chi connectivity index (χ1) is 6.74. The van der Waals surface area contributed by atoms with Crippen LogP contribution in [0.3, 0.4) is 0 Å². The second-order valence-corrected chi connectivity index (χ2v) is 5.22. The number of aromatic nitrogens is 1. The molecule has 0 radical (unpaired) electrons. The second kappa shape index (κ2) is 2.67. The third-order valence-corrected chi connectivity index (χ3v) is 3.71. The number of fused-ring (bicyclic) bond motifs is 3. The quantitative estimate of drug-likeness (QED) is 0.543. The summed E-state index contributed by atoms with van der Waals surface area (Å²) in [5.41, 5.74) is 5.26. The second-order valence-electron chi connectivity index (χ2n) is 3.88. The van der Waals surface area contributed by atoms with E-state index in [0.29, 0.717) is 0 Å². The summed E-state index contributed by atoms with van der Waals surface area (Å²) in [6.45, 7) is 4.27. The minimum Gasteiger partial charge on any atom is -0.260 e. The Morgan fingerprint density at radius 1 is 1.21 bits per heavy atom. The largest absolute Gasteiger partial charge is 0.260 e. The molecule has 0 amide bonds. The van der Waals surface area contributed by atoms with Crippen molar-refractivity contribution in [2.75, 3.05) is 0 Å². The van der Waals surface area contributed by atoms with Gasteiger partial charge in [0.05, 0.1) is 5.69 Å². The maximum absolute atomic E-state index is 4.48. The number of hydrogen-bond acceptors (Lipinski definition) is 2. The molecule has 0 fully saturated rings. The van der Waals surface area contributed by atoms with Crippen LogP contribution in [-0.4, -0.2) is 4.98 Å². The van der Waals surface area contributed by atoms with E-state index in [1.165, 1.54) is 32.1 Å². The van der Waals surface area contributed by atoms with Crippen LogP contribution in [-0.2, 0) is 6.42 Å². The molecule has 14 heavy (non-hydrogen) atoms. The van der Waals surface area contributed by atoms with Crippen LogP contribution >= 0.6 is 11.3 Å². The van der Waals surface area contributed by atoms with Gasteiger partial charge >= 0.3 is 0 Å². The smallest absolute Gasteiger partial charge is 0.0534 e. The van der Waals surface area contributed by atoms with Crippen LogP contribution in [0.1, 0.15) is 21.0 Å². The normalized spacial score (nSPS) is 12.7. The van der Waals surface area contributed by atoms with E-state index >= 15 is 0 Å². The van der Waals surface area contributed by atoms with Crippen molar-refractivity contribution >= 4 is 11.3 Å². The Hall–Kier alpha value is -1.15. The van der Waals surface area contributed by atoms with E-state index in [9.17, 15) is 0 Å². The lowest BCUT2D eigenvalue weighted by Crippen LogP contribution is -1.87. The fourth-order valence-corrected chi connectivity index (χ4v) is 3.10. The molecule has 3 rings (SSSR count). The lowest BCUT2D eigenvalue weighted by Gasteiger charge is -1.99. The molecular formula is C12H11NS. The van der Waals surface area contributed by atoms with E-state index in [2.05, 4.69) is 31.0 Å². The van der Waals surface area contributed by atoms with Gasteiger partial charge < -0.3 is 0 Å². The van der Waals surface area contributed by atoms with Crippen LogP contribution < -0.4 is 0 Å². The number of aryl methyl sites for hydroxylation is 2. The van der Waals surface area contributed by atoms with Crippen LogP contribution in [0.25, 0.3) is 11.1 Å². The third-order valence-electron chi connectivity index (χ3n) is 2.66. The summed E-state index contributed by atoms with van der Waals surface area (Å²) in [4.78, 5) is 7.37. The van der Waals surface area contributed by atoms with E-state index in [1.807, 2.05) is 17.5 Å². The Bertz CT molecular complexity index is 511. The molecule has 0 saturated heterocycles. The molecule has 0 spiro atoms. The molecule has 0 aliphatic heterocycles. The molecule has 1 aliphatic carbocycles. The summed E-state index contributed by atoms with van der Waals surface area (Å²) >= 11 is 1.90. The van der Waals surface area contributed by atoms with Crippen molar-refractivity contribution in [1.82, 2.24) is 4.98 Å². The maximum atomic E-state index is 4.48. The molecule has 0 aromatic carbocycles. The summed E-state index contributed by atoms with van der Waals surface area (Å²) in [6, 6.07) is 4.54. The first-order valence-corrected chi connectivity index (χ1v) is 5.61. The highest BCUT2D eigenvalue weighted by molar-refractivity contribution is 7.12. The van der Waals surface area contributed by atoms with Crippen molar-refractivity contribution in [3.05, 3.63) is 39.3 Å². The molecule has 0 N–H and O–H groups in total. The summed E-state index contributed by atoms with van der Waals surface area (Å²) in [5, 5.41) is 0. The number of nitrogens with zero attached hydrogens (tertiary/aromatic N) is 1. The van der Waals surface area contributed by atoms with E-state index in [-0.39, 0.29) is 0 Å². The van der Waals surface area contributed by atoms with E-state index in [1.54, 1.807) is 0 Å². The van der Waals surface area contributed by atoms with E-state index < -0.39 is 0 Å². The highest BCUT2D eigenvalue weighted by atomic mass is 32.1. The molecule has 2 aromatic heterocycles. The van der Waals surface area contributed by atoms with Gasteiger partial charge in [-0.25, -0.2) is 0 Å². The van der Waals surface area contributed by atoms with Crippen molar-refractivity contribution < 1.29 is 0 Å². The van der Waals surface area contributed by atoms with Crippen molar-refractivity contribution in [2.45, 2.75) is 20.3 Å². The van der Waals surface area contributed by atoms with E-state index in [0.717, 1.165) is 6.42 Å². The Labute approximate surface area is 87.4 Å². The molecule has 70 valence electrons. The molecule has 2 heterocycles. The zero-order valence-electron chi connectivity index (χ0n) is 8.29. The number of pyridine rings is 1. The highest BCUT2D eigenvalue weighted by Gasteiger charge is 2.21. The molecule has 0 atom stereocenters. The first kappa shape index (κ1) is 8.18. The Kier molecular flexibility index (Phi) is 1.56. The van der Waals surface area contributed by atoms with Crippen LogP contribution in [0.4, 0.5) is 0 Å². The lowest BCUT2D eigenvalue weighted by atomic mass is 10.1. The fraction of sp³-hybridized carbons (Fsp3) is 0.250. The average Bonchev–Trinajstić information content (AvgIpc) is 2.62. The monoisotopic (exact) mass is 201 g/mol. The Morgan fingerprint density at radius 2 is 2.07 bits per heavy atom. The summed E-state index contributed by atoms with van der Waals surface area (Å²) in [5.74, 6) is 0. The van der Waals surface area contributed by atoms with Gasteiger partial charge in [-0.3, -0.25) is 4.98 Å². The van der Waals surface area contributed by atoms with Crippen molar-refractivity contribution in [3.63, 3.8) is 0 Å². The summed E-state index contributed by atoms with van der Waals surface area (Å²) in [7, 11) is 0.